The first-order valence-electron chi connectivity index (χ1n) is 9.40. The fraction of sp³-hybridized carbons (Fsp3) is 0.526. The number of β-amino-alcohol motifs (C(OH)–C–C–N with tert-alkyl or cyclic N) is 1. The van der Waals surface area contributed by atoms with Gasteiger partial charge in [-0.25, -0.2) is 0 Å². The molecule has 0 saturated carbocycles. The molecule has 1 unspecified atom stereocenters. The van der Waals surface area contributed by atoms with Crippen LogP contribution in [0.25, 0.3) is 5.69 Å². The van der Waals surface area contributed by atoms with Crippen LogP contribution < -0.4 is 0 Å². The topological polar surface area (TPSA) is 83.7 Å². The second-order valence-electron chi connectivity index (χ2n) is 7.40. The molecule has 8 nitrogen and oxygen atoms in total. The van der Waals surface area contributed by atoms with E-state index in [-0.39, 0.29) is 19.1 Å². The van der Waals surface area contributed by atoms with Gasteiger partial charge >= 0.3 is 0 Å². The molecule has 27 heavy (non-hydrogen) atoms. The number of hydrogen-bond donors (Lipinski definition) is 1. The van der Waals surface area contributed by atoms with Gasteiger partial charge in [0.15, 0.2) is 0 Å². The lowest BCUT2D eigenvalue weighted by Gasteiger charge is -2.34. The van der Waals surface area contributed by atoms with Crippen molar-refractivity contribution in [2.75, 3.05) is 45.9 Å². The zero-order chi connectivity index (χ0) is 18.7. The van der Waals surface area contributed by atoms with Gasteiger partial charge in [0.1, 0.15) is 18.3 Å². The first-order valence-corrected chi connectivity index (χ1v) is 9.40. The van der Waals surface area contributed by atoms with Gasteiger partial charge in [-0.15, -0.1) is 10.2 Å². The van der Waals surface area contributed by atoms with E-state index in [1.165, 1.54) is 12.8 Å². The molecule has 1 aromatic carbocycles. The molecule has 1 aromatic heterocycles. The molecule has 0 bridgehead atoms. The summed E-state index contributed by atoms with van der Waals surface area (Å²) in [6.07, 6.45) is 5.56. The van der Waals surface area contributed by atoms with E-state index in [2.05, 4.69) is 15.1 Å². The van der Waals surface area contributed by atoms with Gasteiger partial charge in [0.2, 0.25) is 0 Å². The van der Waals surface area contributed by atoms with Crippen LogP contribution in [0.4, 0.5) is 0 Å². The van der Waals surface area contributed by atoms with Crippen LogP contribution in [-0.2, 0) is 4.74 Å². The fourth-order valence-electron chi connectivity index (χ4n) is 3.84. The first-order chi connectivity index (χ1) is 13.1. The van der Waals surface area contributed by atoms with Gasteiger partial charge in [0, 0.05) is 24.3 Å². The largest absolute Gasteiger partial charge is 0.384 e. The quantitative estimate of drug-likeness (QED) is 0.846. The molecule has 2 aliphatic heterocycles. The van der Waals surface area contributed by atoms with Gasteiger partial charge < -0.3 is 19.6 Å². The molecule has 8 heteroatoms. The van der Waals surface area contributed by atoms with E-state index in [0.29, 0.717) is 25.3 Å². The molecule has 1 amide bonds. The third-order valence-electron chi connectivity index (χ3n) is 5.20. The lowest BCUT2D eigenvalue weighted by molar-refractivity contribution is -0.0524. The molecule has 1 N–H and O–H groups in total. The first kappa shape index (κ1) is 18.1. The summed E-state index contributed by atoms with van der Waals surface area (Å²) in [6, 6.07) is 7.31. The molecule has 2 fully saturated rings. The number of likely N-dealkylation sites (tertiary alicyclic amines) is 1. The second-order valence-corrected chi connectivity index (χ2v) is 7.40. The van der Waals surface area contributed by atoms with E-state index in [0.717, 1.165) is 18.8 Å². The molecule has 0 radical (unpaired) electrons. The number of nitrogens with zero attached hydrogens (tertiary/aromatic N) is 5. The van der Waals surface area contributed by atoms with Gasteiger partial charge in [-0.1, -0.05) is 0 Å². The maximum absolute atomic E-state index is 13.0. The Hall–Kier alpha value is -2.29. The smallest absolute Gasteiger partial charge is 0.254 e. The standard InChI is InChI=1S/C19H25N5O3/c25-18(16-3-5-17(6-4-16)24-14-20-21-15-24)23-9-10-27-13-19(26,12-23)11-22-7-1-2-8-22/h3-6,14-15,26H,1-2,7-13H2. The summed E-state index contributed by atoms with van der Waals surface area (Å²) in [5.74, 6) is -0.0874. The van der Waals surface area contributed by atoms with Crippen molar-refractivity contribution in [3.63, 3.8) is 0 Å². The Morgan fingerprint density at radius 3 is 2.52 bits per heavy atom. The normalized spacial score (nSPS) is 24.1. The van der Waals surface area contributed by atoms with E-state index in [9.17, 15) is 9.90 Å². The predicted octanol–water partition coefficient (Wildman–Crippen LogP) is 0.567. The molecule has 144 valence electrons. The third-order valence-corrected chi connectivity index (χ3v) is 5.20. The van der Waals surface area contributed by atoms with Crippen molar-refractivity contribution >= 4 is 5.91 Å². The number of ether oxygens (including phenoxy) is 1. The van der Waals surface area contributed by atoms with Crippen LogP contribution in [-0.4, -0.2) is 87.1 Å². The Balaban J connectivity index is 1.46. The van der Waals surface area contributed by atoms with Crippen LogP contribution >= 0.6 is 0 Å². The maximum Gasteiger partial charge on any atom is 0.254 e. The van der Waals surface area contributed by atoms with Crippen LogP contribution in [0.5, 0.6) is 0 Å². The predicted molar refractivity (Wildman–Crippen MR) is 98.7 cm³/mol. The van der Waals surface area contributed by atoms with E-state index < -0.39 is 5.60 Å². The zero-order valence-corrected chi connectivity index (χ0v) is 15.3. The highest BCUT2D eigenvalue weighted by Gasteiger charge is 2.36. The average Bonchev–Trinajstić information content (AvgIpc) is 3.35. The van der Waals surface area contributed by atoms with E-state index >= 15 is 0 Å². The van der Waals surface area contributed by atoms with Crippen molar-refractivity contribution in [2.24, 2.45) is 0 Å². The Labute approximate surface area is 158 Å². The van der Waals surface area contributed by atoms with Crippen molar-refractivity contribution in [3.05, 3.63) is 42.5 Å². The van der Waals surface area contributed by atoms with Gasteiger partial charge in [-0.3, -0.25) is 9.36 Å². The molecule has 2 aliphatic rings. The number of carbonyl (C=O) groups is 1. The molecule has 0 spiro atoms. The lowest BCUT2D eigenvalue weighted by atomic mass is 10.0. The molecule has 0 aliphatic carbocycles. The number of aromatic nitrogens is 3. The highest BCUT2D eigenvalue weighted by atomic mass is 16.5. The second kappa shape index (κ2) is 7.75. The number of carbonyl (C=O) groups excluding carboxylic acids is 1. The number of hydrogen-bond acceptors (Lipinski definition) is 6. The van der Waals surface area contributed by atoms with Crippen molar-refractivity contribution in [2.45, 2.75) is 18.4 Å². The number of rotatable bonds is 4. The molecule has 2 aromatic rings. The SMILES string of the molecule is O=C(c1ccc(-n2cnnc2)cc1)N1CCOCC(O)(CN2CCCC2)C1. The molecule has 3 heterocycles. The summed E-state index contributed by atoms with van der Waals surface area (Å²) >= 11 is 0. The van der Waals surface area contributed by atoms with E-state index in [1.807, 2.05) is 12.1 Å². The summed E-state index contributed by atoms with van der Waals surface area (Å²) < 4.78 is 7.40. The van der Waals surface area contributed by atoms with Crippen molar-refractivity contribution in [1.29, 1.82) is 0 Å². The molecular weight excluding hydrogens is 346 g/mol. The van der Waals surface area contributed by atoms with Crippen LogP contribution in [0.2, 0.25) is 0 Å². The molecular formula is C19H25N5O3. The van der Waals surface area contributed by atoms with Crippen molar-refractivity contribution in [3.8, 4) is 5.69 Å². The average molecular weight is 371 g/mol. The molecule has 2 saturated heterocycles. The Kier molecular flexibility index (Phi) is 5.20. The summed E-state index contributed by atoms with van der Waals surface area (Å²) in [4.78, 5) is 16.9. The Morgan fingerprint density at radius 2 is 1.81 bits per heavy atom. The van der Waals surface area contributed by atoms with Crippen LogP contribution in [0.15, 0.2) is 36.9 Å². The minimum Gasteiger partial charge on any atom is -0.384 e. The summed E-state index contributed by atoms with van der Waals surface area (Å²) in [5, 5.41) is 18.6. The lowest BCUT2D eigenvalue weighted by Crippen LogP contribution is -2.53. The van der Waals surface area contributed by atoms with E-state index in [1.54, 1.807) is 34.3 Å². The summed E-state index contributed by atoms with van der Waals surface area (Å²) in [7, 11) is 0. The van der Waals surface area contributed by atoms with Crippen LogP contribution in [0.3, 0.4) is 0 Å². The maximum atomic E-state index is 13.0. The van der Waals surface area contributed by atoms with Gasteiger partial charge in [-0.2, -0.15) is 0 Å². The van der Waals surface area contributed by atoms with Crippen molar-refractivity contribution < 1.29 is 14.6 Å². The Bertz CT molecular complexity index is 758. The fourth-order valence-corrected chi connectivity index (χ4v) is 3.84. The van der Waals surface area contributed by atoms with Crippen LogP contribution in [0.1, 0.15) is 23.2 Å². The highest BCUT2D eigenvalue weighted by Crippen LogP contribution is 2.20. The summed E-state index contributed by atoms with van der Waals surface area (Å²) in [5.41, 5.74) is 0.456. The van der Waals surface area contributed by atoms with E-state index in [4.69, 9.17) is 4.74 Å². The Morgan fingerprint density at radius 1 is 1.11 bits per heavy atom. The molecule has 1 atom stereocenters. The number of amides is 1. The zero-order valence-electron chi connectivity index (χ0n) is 15.3. The van der Waals surface area contributed by atoms with Gasteiger partial charge in [0.25, 0.3) is 5.91 Å². The van der Waals surface area contributed by atoms with Gasteiger partial charge in [-0.05, 0) is 50.2 Å². The number of aliphatic hydroxyl groups is 1. The minimum atomic E-state index is -1.03. The molecule has 4 rings (SSSR count). The minimum absolute atomic E-state index is 0.0874. The monoisotopic (exact) mass is 371 g/mol. The van der Waals surface area contributed by atoms with Crippen LogP contribution in [0, 0.1) is 0 Å². The number of benzene rings is 1. The van der Waals surface area contributed by atoms with Gasteiger partial charge in [0.05, 0.1) is 19.8 Å². The third kappa shape index (κ3) is 4.18. The summed E-state index contributed by atoms with van der Waals surface area (Å²) in [6.45, 7) is 4.02. The van der Waals surface area contributed by atoms with Crippen molar-refractivity contribution in [1.82, 2.24) is 24.6 Å². The highest BCUT2D eigenvalue weighted by molar-refractivity contribution is 5.94.